The van der Waals surface area contributed by atoms with Gasteiger partial charge in [-0.05, 0) is 43.9 Å². The summed E-state index contributed by atoms with van der Waals surface area (Å²) in [6.45, 7) is 1.77. The predicted octanol–water partition coefficient (Wildman–Crippen LogP) is 3.03. The number of aromatic nitrogens is 3. The SMILES string of the molecule is COc1ccc(Cl)cc1-c1nc(SCC(=O)N[C@@](C)(C#N)C2CC2)n[nH]1. The zero-order chi connectivity index (χ0) is 18.7. The van der Waals surface area contributed by atoms with Crippen LogP contribution in [0.25, 0.3) is 11.4 Å². The number of nitrogens with zero attached hydrogens (tertiary/aromatic N) is 3. The van der Waals surface area contributed by atoms with Crippen LogP contribution in [0.1, 0.15) is 19.8 Å². The van der Waals surface area contributed by atoms with Crippen LogP contribution < -0.4 is 10.1 Å². The molecule has 0 radical (unpaired) electrons. The number of rotatable bonds is 7. The summed E-state index contributed by atoms with van der Waals surface area (Å²) >= 11 is 7.23. The van der Waals surface area contributed by atoms with Crippen LogP contribution in [0, 0.1) is 17.2 Å². The van der Waals surface area contributed by atoms with Gasteiger partial charge in [-0.3, -0.25) is 9.89 Å². The van der Waals surface area contributed by atoms with E-state index in [9.17, 15) is 10.1 Å². The number of hydrogen-bond acceptors (Lipinski definition) is 6. The van der Waals surface area contributed by atoms with Crippen molar-refractivity contribution in [2.75, 3.05) is 12.9 Å². The van der Waals surface area contributed by atoms with Crippen molar-refractivity contribution in [3.05, 3.63) is 23.2 Å². The fraction of sp³-hybridized carbons (Fsp3) is 0.412. The smallest absolute Gasteiger partial charge is 0.231 e. The Hall–Kier alpha value is -2.24. The molecule has 1 fully saturated rings. The molecular weight excluding hydrogens is 374 g/mol. The first-order valence-electron chi connectivity index (χ1n) is 8.06. The average molecular weight is 392 g/mol. The Morgan fingerprint density at radius 3 is 3.00 bits per heavy atom. The minimum absolute atomic E-state index is 0.133. The summed E-state index contributed by atoms with van der Waals surface area (Å²) in [6, 6.07) is 7.42. The highest BCUT2D eigenvalue weighted by molar-refractivity contribution is 7.99. The second kappa shape index (κ2) is 7.56. The number of halogens is 1. The summed E-state index contributed by atoms with van der Waals surface area (Å²) < 4.78 is 5.31. The molecule has 2 aromatic rings. The number of hydrogen-bond donors (Lipinski definition) is 2. The van der Waals surface area contributed by atoms with E-state index < -0.39 is 5.54 Å². The molecule has 1 atom stereocenters. The molecule has 0 saturated heterocycles. The number of benzene rings is 1. The Morgan fingerprint density at radius 2 is 2.35 bits per heavy atom. The molecular formula is C17H18ClN5O2S. The van der Waals surface area contributed by atoms with Crippen LogP contribution in [0.2, 0.25) is 5.02 Å². The van der Waals surface area contributed by atoms with Crippen molar-refractivity contribution >= 4 is 29.3 Å². The number of carbonyl (C=O) groups excluding carboxylic acids is 1. The van der Waals surface area contributed by atoms with Gasteiger partial charge in [-0.2, -0.15) is 5.26 Å². The first-order valence-corrected chi connectivity index (χ1v) is 9.43. The minimum atomic E-state index is -0.796. The third-order valence-electron chi connectivity index (χ3n) is 4.24. The summed E-state index contributed by atoms with van der Waals surface area (Å²) in [6.07, 6.45) is 1.95. The Labute approximate surface area is 160 Å². The molecule has 9 heteroatoms. The molecule has 0 spiro atoms. The maximum Gasteiger partial charge on any atom is 0.231 e. The monoisotopic (exact) mass is 391 g/mol. The van der Waals surface area contributed by atoms with E-state index in [1.807, 2.05) is 0 Å². The molecule has 3 rings (SSSR count). The number of nitriles is 1. The lowest BCUT2D eigenvalue weighted by Crippen LogP contribution is -2.47. The van der Waals surface area contributed by atoms with Crippen molar-refractivity contribution in [2.45, 2.75) is 30.5 Å². The molecule has 2 N–H and O–H groups in total. The lowest BCUT2D eigenvalue weighted by atomic mass is 9.98. The standard InChI is InChI=1S/C17H18ClN5O2S/c1-17(9-19,10-3-4-10)21-14(24)8-26-16-20-15(22-23-16)12-7-11(18)5-6-13(12)25-2/h5-7,10H,3-4,8H2,1-2H3,(H,21,24)(H,20,22,23)/t17-/m0/s1. The van der Waals surface area contributed by atoms with Gasteiger partial charge in [0.1, 0.15) is 11.3 Å². The van der Waals surface area contributed by atoms with Crippen LogP contribution in [-0.4, -0.2) is 39.5 Å². The molecule has 0 unspecified atom stereocenters. The van der Waals surface area contributed by atoms with Gasteiger partial charge in [0.2, 0.25) is 11.1 Å². The van der Waals surface area contributed by atoms with Gasteiger partial charge in [-0.15, -0.1) is 5.10 Å². The van der Waals surface area contributed by atoms with Gasteiger partial charge in [-0.1, -0.05) is 23.4 Å². The van der Waals surface area contributed by atoms with E-state index in [1.165, 1.54) is 11.8 Å². The normalized spacial score (nSPS) is 15.8. The first-order chi connectivity index (χ1) is 12.4. The second-order valence-electron chi connectivity index (χ2n) is 6.24. The van der Waals surface area contributed by atoms with E-state index in [1.54, 1.807) is 32.2 Å². The summed E-state index contributed by atoms with van der Waals surface area (Å²) in [5.74, 6) is 1.29. The molecule has 1 heterocycles. The minimum Gasteiger partial charge on any atom is -0.496 e. The molecule has 0 aliphatic heterocycles. The lowest BCUT2D eigenvalue weighted by molar-refractivity contribution is -0.119. The topological polar surface area (TPSA) is 104 Å². The van der Waals surface area contributed by atoms with E-state index >= 15 is 0 Å². The van der Waals surface area contributed by atoms with Gasteiger partial charge >= 0.3 is 0 Å². The summed E-state index contributed by atoms with van der Waals surface area (Å²) in [5, 5.41) is 20.1. The zero-order valence-corrected chi connectivity index (χ0v) is 15.9. The number of thioether (sulfide) groups is 1. The third kappa shape index (κ3) is 4.11. The fourth-order valence-corrected chi connectivity index (χ4v) is 3.40. The Balaban J connectivity index is 1.63. The highest BCUT2D eigenvalue weighted by Gasteiger charge is 2.42. The molecule has 7 nitrogen and oxygen atoms in total. The van der Waals surface area contributed by atoms with Crippen LogP contribution in [-0.2, 0) is 4.79 Å². The number of methoxy groups -OCH3 is 1. The van der Waals surface area contributed by atoms with Crippen LogP contribution in [0.5, 0.6) is 5.75 Å². The van der Waals surface area contributed by atoms with Gasteiger partial charge in [-0.25, -0.2) is 4.98 Å². The highest BCUT2D eigenvalue weighted by Crippen LogP contribution is 2.39. The number of aromatic amines is 1. The molecule has 26 heavy (non-hydrogen) atoms. The van der Waals surface area contributed by atoms with E-state index in [4.69, 9.17) is 16.3 Å². The van der Waals surface area contributed by atoms with E-state index in [0.717, 1.165) is 12.8 Å². The third-order valence-corrected chi connectivity index (χ3v) is 5.32. The first kappa shape index (κ1) is 18.5. The van der Waals surface area contributed by atoms with Crippen LogP contribution in [0.15, 0.2) is 23.4 Å². The Kier molecular flexibility index (Phi) is 5.39. The van der Waals surface area contributed by atoms with Crippen molar-refractivity contribution in [3.63, 3.8) is 0 Å². The molecule has 1 aromatic heterocycles. The van der Waals surface area contributed by atoms with Crippen molar-refractivity contribution in [3.8, 4) is 23.2 Å². The van der Waals surface area contributed by atoms with Crippen molar-refractivity contribution in [1.29, 1.82) is 5.26 Å². The molecule has 136 valence electrons. The fourth-order valence-electron chi connectivity index (χ4n) is 2.63. The van der Waals surface area contributed by atoms with E-state index in [-0.39, 0.29) is 17.6 Å². The van der Waals surface area contributed by atoms with Gasteiger partial charge in [0.15, 0.2) is 5.82 Å². The highest BCUT2D eigenvalue weighted by atomic mass is 35.5. The van der Waals surface area contributed by atoms with Crippen molar-refractivity contribution in [2.24, 2.45) is 5.92 Å². The number of nitrogens with one attached hydrogen (secondary N) is 2. The van der Waals surface area contributed by atoms with Crippen LogP contribution in [0.4, 0.5) is 0 Å². The Bertz CT molecular complexity index is 861. The van der Waals surface area contributed by atoms with Crippen molar-refractivity contribution in [1.82, 2.24) is 20.5 Å². The number of carbonyl (C=O) groups is 1. The van der Waals surface area contributed by atoms with Gasteiger partial charge in [0.05, 0.1) is 24.5 Å². The summed E-state index contributed by atoms with van der Waals surface area (Å²) in [7, 11) is 1.56. The maximum absolute atomic E-state index is 12.2. The number of H-pyrrole nitrogens is 1. The lowest BCUT2D eigenvalue weighted by Gasteiger charge is -2.22. The second-order valence-corrected chi connectivity index (χ2v) is 7.62. The van der Waals surface area contributed by atoms with Gasteiger partial charge in [0.25, 0.3) is 0 Å². The quantitative estimate of drug-likeness (QED) is 0.703. The molecule has 1 amide bonds. The average Bonchev–Trinajstić information content (AvgIpc) is 3.39. The summed E-state index contributed by atoms with van der Waals surface area (Å²) in [4.78, 5) is 16.5. The number of ether oxygens (including phenoxy) is 1. The predicted molar refractivity (Wildman–Crippen MR) is 99.0 cm³/mol. The van der Waals surface area contributed by atoms with E-state index in [0.29, 0.717) is 27.3 Å². The maximum atomic E-state index is 12.2. The molecule has 0 bridgehead atoms. The molecule has 1 saturated carbocycles. The van der Waals surface area contributed by atoms with Crippen LogP contribution in [0.3, 0.4) is 0 Å². The Morgan fingerprint density at radius 1 is 1.58 bits per heavy atom. The zero-order valence-electron chi connectivity index (χ0n) is 14.4. The van der Waals surface area contributed by atoms with Gasteiger partial charge in [0, 0.05) is 5.02 Å². The van der Waals surface area contributed by atoms with Gasteiger partial charge < -0.3 is 10.1 Å². The van der Waals surface area contributed by atoms with Crippen molar-refractivity contribution < 1.29 is 9.53 Å². The molecule has 1 aliphatic rings. The number of amides is 1. The van der Waals surface area contributed by atoms with E-state index in [2.05, 4.69) is 26.6 Å². The summed E-state index contributed by atoms with van der Waals surface area (Å²) in [5.41, 5.74) is -0.106. The van der Waals surface area contributed by atoms with Crippen LogP contribution >= 0.6 is 23.4 Å². The molecule has 1 aliphatic carbocycles. The largest absolute Gasteiger partial charge is 0.496 e. The molecule has 1 aromatic carbocycles.